The Bertz CT molecular complexity index is 707. The summed E-state index contributed by atoms with van der Waals surface area (Å²) in [4.78, 5) is 27.9. The van der Waals surface area contributed by atoms with E-state index in [4.69, 9.17) is 10.7 Å². The number of likely N-dealkylation sites (tertiary alicyclic amines) is 1. The van der Waals surface area contributed by atoms with Crippen molar-refractivity contribution >= 4 is 52.5 Å². The van der Waals surface area contributed by atoms with Crippen LogP contribution in [0.2, 0.25) is 0 Å². The highest BCUT2D eigenvalue weighted by Gasteiger charge is 2.24. The number of carbonyl (C=O) groups is 1. The summed E-state index contributed by atoms with van der Waals surface area (Å²) in [5.74, 6) is 1.78. The van der Waals surface area contributed by atoms with Gasteiger partial charge in [-0.2, -0.15) is 4.37 Å². The molecule has 3 N–H and O–H groups in total. The standard InChI is InChI=1S/C20H36N8OS.HI/c1-3-17-24-20(30-25-17)28-13-11-27(12-14-28)19(22-4-2)23-8-6-10-26-9-5-7-16(15-26)18(21)29;/h16H,3-15H2,1-2H3,(H2,21,29)(H,22,23);1H. The molecule has 3 rings (SSSR count). The monoisotopic (exact) mass is 564 g/mol. The summed E-state index contributed by atoms with van der Waals surface area (Å²) in [7, 11) is 0. The second kappa shape index (κ2) is 13.4. The van der Waals surface area contributed by atoms with Crippen LogP contribution in [-0.4, -0.2) is 89.9 Å². The predicted octanol–water partition coefficient (Wildman–Crippen LogP) is 1.39. The number of nitrogens with one attached hydrogen (secondary N) is 1. The van der Waals surface area contributed by atoms with E-state index in [1.807, 2.05) is 0 Å². The second-order valence-corrected chi connectivity index (χ2v) is 8.68. The number of piperazine rings is 1. The highest BCUT2D eigenvalue weighted by molar-refractivity contribution is 14.0. The smallest absolute Gasteiger partial charge is 0.221 e. The number of nitrogens with two attached hydrogens (primary N) is 1. The van der Waals surface area contributed by atoms with Crippen LogP contribution in [-0.2, 0) is 11.2 Å². The lowest BCUT2D eigenvalue weighted by Gasteiger charge is -2.36. The van der Waals surface area contributed by atoms with Crippen LogP contribution in [0.5, 0.6) is 0 Å². The molecule has 0 aromatic carbocycles. The summed E-state index contributed by atoms with van der Waals surface area (Å²) < 4.78 is 4.41. The zero-order valence-electron chi connectivity index (χ0n) is 18.8. The van der Waals surface area contributed by atoms with Gasteiger partial charge in [0.15, 0.2) is 5.96 Å². The number of halogens is 1. The molecule has 1 atom stereocenters. The molecule has 3 heterocycles. The molecule has 1 aromatic heterocycles. The number of carbonyl (C=O) groups excluding carboxylic acids is 1. The molecule has 0 aliphatic carbocycles. The fourth-order valence-corrected chi connectivity index (χ4v) is 4.82. The van der Waals surface area contributed by atoms with Crippen LogP contribution in [0.4, 0.5) is 5.13 Å². The van der Waals surface area contributed by atoms with Gasteiger partial charge in [0.1, 0.15) is 5.82 Å². The first-order chi connectivity index (χ1) is 14.6. The number of piperidine rings is 1. The van der Waals surface area contributed by atoms with Crippen LogP contribution in [0, 0.1) is 5.92 Å². The van der Waals surface area contributed by atoms with Crippen molar-refractivity contribution in [2.24, 2.45) is 16.6 Å². The Kier molecular flexibility index (Phi) is 11.2. The van der Waals surface area contributed by atoms with E-state index >= 15 is 0 Å². The first-order valence-electron chi connectivity index (χ1n) is 11.2. The Hall–Kier alpha value is -1.21. The number of hydrogen-bond donors (Lipinski definition) is 2. The topological polar surface area (TPSA) is 103 Å². The Morgan fingerprint density at radius 3 is 2.68 bits per heavy atom. The second-order valence-electron chi connectivity index (χ2n) is 7.95. The molecule has 2 aliphatic heterocycles. The zero-order valence-corrected chi connectivity index (χ0v) is 21.9. The fourth-order valence-electron chi connectivity index (χ4n) is 4.02. The maximum absolute atomic E-state index is 11.4. The first kappa shape index (κ1) is 26.0. The van der Waals surface area contributed by atoms with Crippen molar-refractivity contribution in [3.8, 4) is 0 Å². The lowest BCUT2D eigenvalue weighted by molar-refractivity contribution is -0.123. The van der Waals surface area contributed by atoms with Gasteiger partial charge in [0.2, 0.25) is 11.0 Å². The Balaban J connectivity index is 0.00000341. The molecule has 1 aromatic rings. The van der Waals surface area contributed by atoms with Crippen molar-refractivity contribution < 1.29 is 4.79 Å². The molecule has 0 spiro atoms. The number of amides is 1. The predicted molar refractivity (Wildman–Crippen MR) is 137 cm³/mol. The molecule has 2 saturated heterocycles. The van der Waals surface area contributed by atoms with Gasteiger partial charge in [-0.15, -0.1) is 24.0 Å². The summed E-state index contributed by atoms with van der Waals surface area (Å²) >= 11 is 1.50. The number of aryl methyl sites for hydroxylation is 1. The number of aliphatic imine (C=N–C) groups is 1. The van der Waals surface area contributed by atoms with E-state index < -0.39 is 0 Å². The minimum absolute atomic E-state index is 0. The lowest BCUT2D eigenvalue weighted by atomic mass is 9.97. The molecular weight excluding hydrogens is 527 g/mol. The molecule has 2 fully saturated rings. The van der Waals surface area contributed by atoms with Gasteiger partial charge < -0.3 is 25.8 Å². The maximum atomic E-state index is 11.4. The van der Waals surface area contributed by atoms with Crippen molar-refractivity contribution in [2.75, 3.05) is 63.8 Å². The van der Waals surface area contributed by atoms with E-state index in [1.54, 1.807) is 0 Å². The Labute approximate surface area is 207 Å². The maximum Gasteiger partial charge on any atom is 0.221 e. The molecule has 9 nitrogen and oxygen atoms in total. The fraction of sp³-hybridized carbons (Fsp3) is 0.800. The van der Waals surface area contributed by atoms with Crippen LogP contribution < -0.4 is 16.0 Å². The Morgan fingerprint density at radius 1 is 1.26 bits per heavy atom. The van der Waals surface area contributed by atoms with Gasteiger partial charge in [0, 0.05) is 63.8 Å². The quantitative estimate of drug-likeness (QED) is 0.213. The van der Waals surface area contributed by atoms with Crippen molar-refractivity contribution in [3.63, 3.8) is 0 Å². The van der Waals surface area contributed by atoms with E-state index in [0.29, 0.717) is 0 Å². The van der Waals surface area contributed by atoms with Crippen LogP contribution in [0.15, 0.2) is 4.99 Å². The van der Waals surface area contributed by atoms with E-state index in [2.05, 4.69) is 43.2 Å². The molecule has 0 saturated carbocycles. The van der Waals surface area contributed by atoms with Gasteiger partial charge in [-0.3, -0.25) is 9.79 Å². The van der Waals surface area contributed by atoms with E-state index in [-0.39, 0.29) is 35.8 Å². The van der Waals surface area contributed by atoms with Gasteiger partial charge in [-0.25, -0.2) is 4.98 Å². The van der Waals surface area contributed by atoms with Crippen molar-refractivity contribution in [2.45, 2.75) is 39.5 Å². The van der Waals surface area contributed by atoms with Crippen molar-refractivity contribution in [3.05, 3.63) is 5.82 Å². The number of rotatable bonds is 8. The van der Waals surface area contributed by atoms with Gasteiger partial charge in [-0.1, -0.05) is 6.92 Å². The number of aromatic nitrogens is 2. The van der Waals surface area contributed by atoms with Gasteiger partial charge in [0.25, 0.3) is 0 Å². The average Bonchev–Trinajstić information content (AvgIpc) is 3.25. The van der Waals surface area contributed by atoms with Crippen LogP contribution in [0.1, 0.15) is 38.9 Å². The summed E-state index contributed by atoms with van der Waals surface area (Å²) in [6.45, 7) is 12.4. The SMILES string of the molecule is CCNC(=NCCCN1CCCC(C(N)=O)C1)N1CCN(c2nc(CC)ns2)CC1.I. The van der Waals surface area contributed by atoms with Crippen molar-refractivity contribution in [1.82, 2.24) is 24.5 Å². The minimum atomic E-state index is -0.161. The van der Waals surface area contributed by atoms with E-state index in [1.165, 1.54) is 11.5 Å². The molecule has 1 unspecified atom stereocenters. The van der Waals surface area contributed by atoms with E-state index in [0.717, 1.165) is 102 Å². The molecule has 1 amide bonds. The first-order valence-corrected chi connectivity index (χ1v) is 12.0. The molecule has 2 aliphatic rings. The number of anilines is 1. The summed E-state index contributed by atoms with van der Waals surface area (Å²) in [6.07, 6.45) is 3.86. The molecule has 31 heavy (non-hydrogen) atoms. The molecule has 0 bridgehead atoms. The van der Waals surface area contributed by atoms with Crippen molar-refractivity contribution in [1.29, 1.82) is 0 Å². The third-order valence-corrected chi connectivity index (χ3v) is 6.57. The molecule has 0 radical (unpaired) electrons. The zero-order chi connectivity index (χ0) is 21.3. The van der Waals surface area contributed by atoms with E-state index in [9.17, 15) is 4.79 Å². The third-order valence-electron chi connectivity index (χ3n) is 5.76. The van der Waals surface area contributed by atoms with Gasteiger partial charge in [-0.05, 0) is 39.3 Å². The largest absolute Gasteiger partial charge is 0.369 e. The lowest BCUT2D eigenvalue weighted by Crippen LogP contribution is -2.52. The number of primary amides is 1. The van der Waals surface area contributed by atoms with Gasteiger partial charge in [0.05, 0.1) is 5.92 Å². The van der Waals surface area contributed by atoms with Gasteiger partial charge >= 0.3 is 0 Å². The number of nitrogens with zero attached hydrogens (tertiary/aromatic N) is 6. The van der Waals surface area contributed by atoms with Crippen LogP contribution in [0.25, 0.3) is 0 Å². The number of hydrogen-bond acceptors (Lipinski definition) is 7. The summed E-state index contributed by atoms with van der Waals surface area (Å²) in [6, 6.07) is 0. The molecule has 176 valence electrons. The summed E-state index contributed by atoms with van der Waals surface area (Å²) in [5, 5.41) is 4.47. The molecular formula is C20H37IN8OS. The molecule has 11 heteroatoms. The highest BCUT2D eigenvalue weighted by Crippen LogP contribution is 2.19. The third kappa shape index (κ3) is 7.70. The highest BCUT2D eigenvalue weighted by atomic mass is 127. The number of guanidine groups is 1. The summed E-state index contributed by atoms with van der Waals surface area (Å²) in [5.41, 5.74) is 5.48. The average molecular weight is 565 g/mol. The Morgan fingerprint density at radius 2 is 2.03 bits per heavy atom. The minimum Gasteiger partial charge on any atom is -0.369 e. The normalized spacial score (nSPS) is 20.5. The van der Waals surface area contributed by atoms with Crippen LogP contribution in [0.3, 0.4) is 0 Å². The van der Waals surface area contributed by atoms with Crippen LogP contribution >= 0.6 is 35.5 Å².